The highest BCUT2D eigenvalue weighted by molar-refractivity contribution is 7.96. The Bertz CT molecular complexity index is 115. The third-order valence-corrected chi connectivity index (χ3v) is 1.04. The highest BCUT2D eigenvalue weighted by Crippen LogP contribution is 1.82. The lowest BCUT2D eigenvalue weighted by Crippen LogP contribution is -2.21. The SMILES string of the molecule is [B]C(=O)NSNC(C)=O. The van der Waals surface area contributed by atoms with Gasteiger partial charge in [-0.15, -0.1) is 0 Å². The van der Waals surface area contributed by atoms with Crippen molar-refractivity contribution >= 4 is 31.7 Å². The second kappa shape index (κ2) is 4.26. The molecule has 0 aromatic rings. The van der Waals surface area contributed by atoms with Crippen LogP contribution in [0.2, 0.25) is 0 Å². The van der Waals surface area contributed by atoms with E-state index >= 15 is 0 Å². The fraction of sp³-hybridized carbons (Fsp3) is 0.333. The van der Waals surface area contributed by atoms with Crippen LogP contribution in [0.1, 0.15) is 6.92 Å². The van der Waals surface area contributed by atoms with E-state index in [-0.39, 0.29) is 5.91 Å². The van der Waals surface area contributed by atoms with Crippen molar-refractivity contribution in [2.75, 3.05) is 0 Å². The predicted molar refractivity (Wildman–Crippen MR) is 35.7 cm³/mol. The zero-order valence-electron chi connectivity index (χ0n) is 4.80. The van der Waals surface area contributed by atoms with Gasteiger partial charge in [0.15, 0.2) is 5.81 Å². The van der Waals surface area contributed by atoms with Crippen LogP contribution in [0.5, 0.6) is 0 Å². The van der Waals surface area contributed by atoms with E-state index in [0.29, 0.717) is 0 Å². The molecule has 0 spiro atoms. The second-order valence-electron chi connectivity index (χ2n) is 1.23. The number of nitrogens with one attached hydrogen (secondary N) is 2. The molecule has 0 saturated carbocycles. The van der Waals surface area contributed by atoms with Crippen molar-refractivity contribution < 1.29 is 9.59 Å². The smallest absolute Gasteiger partial charge is 0.228 e. The Morgan fingerprint density at radius 3 is 2.33 bits per heavy atom. The molecule has 0 fully saturated rings. The molecule has 0 saturated heterocycles. The summed E-state index contributed by atoms with van der Waals surface area (Å²) in [4.78, 5) is 20.0. The van der Waals surface area contributed by atoms with E-state index in [2.05, 4.69) is 17.3 Å². The molecule has 2 amide bonds. The number of carbonyl (C=O) groups is 2. The van der Waals surface area contributed by atoms with Crippen molar-refractivity contribution in [1.82, 2.24) is 9.44 Å². The highest BCUT2D eigenvalue weighted by Gasteiger charge is 1.90. The summed E-state index contributed by atoms with van der Waals surface area (Å²) in [5.41, 5.74) is 0. The van der Waals surface area contributed by atoms with Gasteiger partial charge in [0.2, 0.25) is 13.8 Å². The van der Waals surface area contributed by atoms with E-state index in [1.807, 2.05) is 0 Å². The van der Waals surface area contributed by atoms with Gasteiger partial charge in [-0.2, -0.15) is 0 Å². The standard InChI is InChI=1S/C3H5BN2O2S/c1-2(7)5-9-6-3(4)8/h1H3,(H,5,7)(H,6,8). The van der Waals surface area contributed by atoms with E-state index in [0.717, 1.165) is 12.1 Å². The van der Waals surface area contributed by atoms with Crippen LogP contribution in [0.4, 0.5) is 4.79 Å². The van der Waals surface area contributed by atoms with Gasteiger partial charge in [0.05, 0.1) is 12.1 Å². The van der Waals surface area contributed by atoms with Gasteiger partial charge >= 0.3 is 0 Å². The van der Waals surface area contributed by atoms with Crippen molar-refractivity contribution in [3.05, 3.63) is 0 Å². The van der Waals surface area contributed by atoms with E-state index in [4.69, 9.17) is 0 Å². The average Bonchev–Trinajstić information content (AvgIpc) is 1.63. The Morgan fingerprint density at radius 2 is 2.00 bits per heavy atom. The number of carbonyl (C=O) groups excluding carboxylic acids is 2. The molecular weight excluding hydrogens is 139 g/mol. The van der Waals surface area contributed by atoms with E-state index in [1.165, 1.54) is 6.92 Å². The van der Waals surface area contributed by atoms with Crippen molar-refractivity contribution in [1.29, 1.82) is 0 Å². The molecule has 0 rings (SSSR count). The van der Waals surface area contributed by atoms with E-state index in [1.54, 1.807) is 0 Å². The molecule has 0 bridgehead atoms. The Labute approximate surface area is 58.4 Å². The van der Waals surface area contributed by atoms with Gasteiger partial charge in [-0.3, -0.25) is 19.0 Å². The Kier molecular flexibility index (Phi) is 3.95. The highest BCUT2D eigenvalue weighted by atomic mass is 32.2. The minimum Gasteiger partial charge on any atom is -0.292 e. The van der Waals surface area contributed by atoms with E-state index in [9.17, 15) is 9.59 Å². The van der Waals surface area contributed by atoms with Gasteiger partial charge in [0.25, 0.3) is 0 Å². The molecule has 9 heavy (non-hydrogen) atoms. The van der Waals surface area contributed by atoms with Crippen molar-refractivity contribution in [2.24, 2.45) is 0 Å². The van der Waals surface area contributed by atoms with Crippen LogP contribution < -0.4 is 9.44 Å². The largest absolute Gasteiger partial charge is 0.292 e. The third-order valence-electron chi connectivity index (χ3n) is 0.346. The minimum atomic E-state index is -0.686. The first-order valence-corrected chi connectivity index (χ1v) is 2.92. The zero-order chi connectivity index (χ0) is 7.28. The summed E-state index contributed by atoms with van der Waals surface area (Å²) in [7, 11) is 4.66. The van der Waals surface area contributed by atoms with Crippen molar-refractivity contribution in [3.63, 3.8) is 0 Å². The molecule has 48 valence electrons. The Morgan fingerprint density at radius 1 is 1.44 bits per heavy atom. The molecule has 0 aliphatic carbocycles. The maximum absolute atomic E-state index is 10.1. The van der Waals surface area contributed by atoms with Crippen LogP contribution in [0, 0.1) is 0 Å². The van der Waals surface area contributed by atoms with Crippen molar-refractivity contribution in [3.8, 4) is 0 Å². The fourth-order valence-electron chi connectivity index (χ4n) is 0.148. The van der Waals surface area contributed by atoms with Crippen LogP contribution in [0.25, 0.3) is 0 Å². The molecule has 0 heterocycles. The fourth-order valence-corrected chi connectivity index (χ4v) is 0.443. The molecule has 2 radical (unpaired) electrons. The quantitative estimate of drug-likeness (QED) is 0.408. The summed E-state index contributed by atoms with van der Waals surface area (Å²) in [6, 6.07) is 0. The van der Waals surface area contributed by atoms with Crippen LogP contribution in [0.15, 0.2) is 0 Å². The molecule has 0 aromatic carbocycles. The van der Waals surface area contributed by atoms with E-state index < -0.39 is 5.81 Å². The molecule has 0 unspecified atom stereocenters. The minimum absolute atomic E-state index is 0.242. The Balaban J connectivity index is 3.10. The summed E-state index contributed by atoms with van der Waals surface area (Å²) in [5.74, 6) is -0.928. The third kappa shape index (κ3) is 7.35. The summed E-state index contributed by atoms with van der Waals surface area (Å²) in [6.07, 6.45) is 0. The first kappa shape index (κ1) is 8.35. The first-order chi connectivity index (χ1) is 4.13. The maximum Gasteiger partial charge on any atom is 0.228 e. The number of hydrogen-bond acceptors (Lipinski definition) is 3. The van der Waals surface area contributed by atoms with Gasteiger partial charge in [-0.1, -0.05) is 0 Å². The Hall–Kier alpha value is -0.645. The monoisotopic (exact) mass is 144 g/mol. The lowest BCUT2D eigenvalue weighted by atomic mass is 10.2. The number of rotatable bonds is 2. The normalized spacial score (nSPS) is 8.11. The molecule has 0 aliphatic heterocycles. The van der Waals surface area contributed by atoms with Crippen LogP contribution in [-0.2, 0) is 4.79 Å². The molecule has 4 nitrogen and oxygen atoms in total. The first-order valence-electron chi connectivity index (χ1n) is 2.11. The summed E-state index contributed by atoms with van der Waals surface area (Å²) < 4.78 is 4.34. The van der Waals surface area contributed by atoms with Gasteiger partial charge < -0.3 is 0 Å². The second-order valence-corrected chi connectivity index (χ2v) is 1.84. The molecule has 6 heteroatoms. The summed E-state index contributed by atoms with van der Waals surface area (Å²) in [6.45, 7) is 1.33. The lowest BCUT2D eigenvalue weighted by Gasteiger charge is -1.98. The molecule has 0 aromatic heterocycles. The predicted octanol–water partition coefficient (Wildman–Crippen LogP) is -0.436. The van der Waals surface area contributed by atoms with Gasteiger partial charge in [0, 0.05) is 6.92 Å². The molecule has 0 aliphatic rings. The molecule has 2 N–H and O–H groups in total. The topological polar surface area (TPSA) is 58.2 Å². The molecule has 0 atom stereocenters. The van der Waals surface area contributed by atoms with Gasteiger partial charge in [-0.25, -0.2) is 0 Å². The summed E-state index contributed by atoms with van der Waals surface area (Å²) in [5, 5.41) is 0. The van der Waals surface area contributed by atoms with Gasteiger partial charge in [0.1, 0.15) is 0 Å². The lowest BCUT2D eigenvalue weighted by molar-refractivity contribution is -0.117. The molecular formula is C3H5BN2O2S. The van der Waals surface area contributed by atoms with Crippen LogP contribution in [-0.4, -0.2) is 19.6 Å². The zero-order valence-corrected chi connectivity index (χ0v) is 5.62. The summed E-state index contributed by atoms with van der Waals surface area (Å²) >= 11 is 0.745. The van der Waals surface area contributed by atoms with Crippen molar-refractivity contribution in [2.45, 2.75) is 6.92 Å². The van der Waals surface area contributed by atoms with Gasteiger partial charge in [-0.05, 0) is 0 Å². The average molecular weight is 144 g/mol. The van der Waals surface area contributed by atoms with Crippen LogP contribution >= 0.6 is 12.1 Å². The number of hydrogen-bond donors (Lipinski definition) is 2. The van der Waals surface area contributed by atoms with Crippen LogP contribution in [0.3, 0.4) is 0 Å². The maximum atomic E-state index is 10.1. The number of amides is 2.